The molecule has 0 aliphatic rings. The molecular weight excluding hydrogens is 163 g/mol. The third-order valence-corrected chi connectivity index (χ3v) is 1.49. The molecule has 0 bridgehead atoms. The Morgan fingerprint density at radius 2 is 2.00 bits per heavy atom. The van der Waals surface area contributed by atoms with Crippen LogP contribution in [0.15, 0.2) is 0 Å². The minimum atomic E-state index is -4.07. The minimum absolute atomic E-state index is 0.00806. The molecule has 1 nitrogen and oxygen atoms in total. The minimum Gasteiger partial charge on any atom is -0.305 e. The molecule has 0 saturated carbocycles. The van der Waals surface area contributed by atoms with Gasteiger partial charge in [-0.25, -0.2) is 6.57 Å². The first-order chi connectivity index (χ1) is 4.56. The lowest BCUT2D eigenvalue weighted by Crippen LogP contribution is -2.07. The summed E-state index contributed by atoms with van der Waals surface area (Å²) in [6, 6.07) is 0. The van der Waals surface area contributed by atoms with Crippen LogP contribution in [0.3, 0.4) is 0 Å². The Kier molecular flexibility index (Phi) is 4.28. The monoisotopic (exact) mass is 169 g/mol. The third kappa shape index (κ3) is 7.63. The number of thioether (sulfide) groups is 1. The summed E-state index contributed by atoms with van der Waals surface area (Å²) in [6.45, 7) is 6.26. The van der Waals surface area contributed by atoms with Crippen molar-refractivity contribution >= 4 is 11.8 Å². The molecule has 5 heteroatoms. The molecule has 0 aromatic carbocycles. The second kappa shape index (κ2) is 4.45. The number of nitrogens with zero attached hydrogens (tertiary/aromatic N) is 1. The fourth-order valence-corrected chi connectivity index (χ4v) is 0.894. The van der Waals surface area contributed by atoms with Crippen LogP contribution >= 0.6 is 11.8 Å². The maximum absolute atomic E-state index is 11.4. The SMILES string of the molecule is [C-]#[N+]CSCCC(F)(F)F. The first kappa shape index (κ1) is 9.63. The molecule has 0 aliphatic carbocycles. The normalized spacial score (nSPS) is 11.0. The van der Waals surface area contributed by atoms with Crippen molar-refractivity contribution in [2.24, 2.45) is 0 Å². The van der Waals surface area contributed by atoms with E-state index in [1.54, 1.807) is 0 Å². The number of alkyl halides is 3. The highest BCUT2D eigenvalue weighted by Gasteiger charge is 2.26. The van der Waals surface area contributed by atoms with Crippen LogP contribution in [-0.4, -0.2) is 17.8 Å². The van der Waals surface area contributed by atoms with Crippen LogP contribution in [0.5, 0.6) is 0 Å². The summed E-state index contributed by atoms with van der Waals surface area (Å²) >= 11 is 1.01. The Hall–Kier alpha value is -0.370. The van der Waals surface area contributed by atoms with Crippen molar-refractivity contribution in [1.82, 2.24) is 0 Å². The summed E-state index contributed by atoms with van der Waals surface area (Å²) < 4.78 is 34.2. The molecule has 0 radical (unpaired) electrons. The van der Waals surface area contributed by atoms with Crippen molar-refractivity contribution in [1.29, 1.82) is 0 Å². The molecule has 0 N–H and O–H groups in total. The quantitative estimate of drug-likeness (QED) is 0.464. The molecule has 0 rings (SSSR count). The molecule has 0 atom stereocenters. The summed E-state index contributed by atoms with van der Waals surface area (Å²) in [4.78, 5) is 2.90. The summed E-state index contributed by atoms with van der Waals surface area (Å²) in [5, 5.41) is 0. The van der Waals surface area contributed by atoms with Crippen LogP contribution in [0.4, 0.5) is 13.2 Å². The van der Waals surface area contributed by atoms with E-state index in [0.717, 1.165) is 11.8 Å². The first-order valence-corrected chi connectivity index (χ1v) is 3.69. The summed E-state index contributed by atoms with van der Waals surface area (Å²) in [5.74, 6) is 0.113. The van der Waals surface area contributed by atoms with E-state index in [0.29, 0.717) is 0 Å². The van der Waals surface area contributed by atoms with Gasteiger partial charge >= 0.3 is 6.18 Å². The number of halogens is 3. The predicted molar refractivity (Wildman–Crippen MR) is 34.6 cm³/mol. The van der Waals surface area contributed by atoms with Crippen LogP contribution in [0, 0.1) is 6.57 Å². The van der Waals surface area contributed by atoms with Crippen LogP contribution < -0.4 is 0 Å². The first-order valence-electron chi connectivity index (χ1n) is 2.54. The molecule has 0 unspecified atom stereocenters. The fraction of sp³-hybridized carbons (Fsp3) is 0.800. The largest absolute Gasteiger partial charge is 0.389 e. The van der Waals surface area contributed by atoms with Gasteiger partial charge in [0, 0.05) is 5.75 Å². The van der Waals surface area contributed by atoms with Gasteiger partial charge in [0.05, 0.1) is 6.42 Å². The summed E-state index contributed by atoms with van der Waals surface area (Å²) in [5.41, 5.74) is 0. The molecule has 0 spiro atoms. The molecule has 0 aliphatic heterocycles. The van der Waals surface area contributed by atoms with Gasteiger partial charge in [-0.05, 0) is 0 Å². The van der Waals surface area contributed by atoms with E-state index < -0.39 is 12.6 Å². The van der Waals surface area contributed by atoms with Crippen molar-refractivity contribution in [3.05, 3.63) is 11.4 Å². The topological polar surface area (TPSA) is 4.36 Å². The number of hydrogen-bond acceptors (Lipinski definition) is 1. The van der Waals surface area contributed by atoms with E-state index in [2.05, 4.69) is 4.85 Å². The van der Waals surface area contributed by atoms with Crippen molar-refractivity contribution in [3.63, 3.8) is 0 Å². The lowest BCUT2D eigenvalue weighted by Gasteiger charge is -2.02. The van der Waals surface area contributed by atoms with E-state index in [9.17, 15) is 13.2 Å². The van der Waals surface area contributed by atoms with Crippen LogP contribution in [0.25, 0.3) is 4.85 Å². The maximum Gasteiger partial charge on any atom is 0.389 e. The summed E-state index contributed by atoms with van der Waals surface area (Å²) in [6.07, 6.45) is -4.87. The molecule has 10 heavy (non-hydrogen) atoms. The Labute approximate surface area is 61.4 Å². The van der Waals surface area contributed by atoms with Gasteiger partial charge in [-0.15, -0.1) is 0 Å². The van der Waals surface area contributed by atoms with E-state index >= 15 is 0 Å². The number of rotatable bonds is 3. The zero-order chi connectivity index (χ0) is 8.04. The molecule has 0 aromatic rings. The van der Waals surface area contributed by atoms with Crippen LogP contribution in [0.1, 0.15) is 6.42 Å². The predicted octanol–water partition coefficient (Wildman–Crippen LogP) is 2.55. The van der Waals surface area contributed by atoms with Gasteiger partial charge in [0.1, 0.15) is 0 Å². The molecule has 58 valence electrons. The second-order valence-corrected chi connectivity index (χ2v) is 2.64. The van der Waals surface area contributed by atoms with Crippen LogP contribution in [-0.2, 0) is 0 Å². The van der Waals surface area contributed by atoms with Gasteiger partial charge in [0.15, 0.2) is 0 Å². The highest BCUT2D eigenvalue weighted by Crippen LogP contribution is 2.21. The molecular formula is C5H6F3NS. The highest BCUT2D eigenvalue weighted by atomic mass is 32.2. The lowest BCUT2D eigenvalue weighted by molar-refractivity contribution is -0.129. The zero-order valence-corrected chi connectivity index (χ0v) is 5.93. The van der Waals surface area contributed by atoms with Crippen molar-refractivity contribution in [3.8, 4) is 0 Å². The second-order valence-electron chi connectivity index (χ2n) is 1.56. The molecule has 0 aromatic heterocycles. The van der Waals surface area contributed by atoms with E-state index in [1.165, 1.54) is 0 Å². The van der Waals surface area contributed by atoms with Crippen molar-refractivity contribution in [2.45, 2.75) is 12.6 Å². The fourth-order valence-electron chi connectivity index (χ4n) is 0.298. The average Bonchev–Trinajstić information content (AvgIpc) is 1.78. The van der Waals surface area contributed by atoms with Gasteiger partial charge < -0.3 is 4.85 Å². The Bertz CT molecular complexity index is 126. The molecule has 0 heterocycles. The lowest BCUT2D eigenvalue weighted by atomic mass is 10.5. The van der Waals surface area contributed by atoms with Crippen molar-refractivity contribution in [2.75, 3.05) is 11.6 Å². The van der Waals surface area contributed by atoms with Gasteiger partial charge in [-0.1, -0.05) is 11.8 Å². The zero-order valence-electron chi connectivity index (χ0n) is 5.11. The Morgan fingerprint density at radius 1 is 1.40 bits per heavy atom. The number of hydrogen-bond donors (Lipinski definition) is 0. The van der Waals surface area contributed by atoms with Gasteiger partial charge in [-0.3, -0.25) is 0 Å². The molecule has 0 fully saturated rings. The smallest absolute Gasteiger partial charge is 0.305 e. The Balaban J connectivity index is 3.14. The molecule has 0 saturated heterocycles. The van der Waals surface area contributed by atoms with Gasteiger partial charge in [0.2, 0.25) is 0 Å². The third-order valence-electron chi connectivity index (χ3n) is 0.686. The highest BCUT2D eigenvalue weighted by molar-refractivity contribution is 7.99. The average molecular weight is 169 g/mol. The molecule has 0 amide bonds. The standard InChI is InChI=1S/C5H6F3NS/c1-9-4-10-3-2-5(6,7)8/h2-4H2. The van der Waals surface area contributed by atoms with E-state index in [4.69, 9.17) is 6.57 Å². The Morgan fingerprint density at radius 3 is 2.40 bits per heavy atom. The van der Waals surface area contributed by atoms with Gasteiger partial charge in [0.25, 0.3) is 5.88 Å². The van der Waals surface area contributed by atoms with Crippen molar-refractivity contribution < 1.29 is 13.2 Å². The summed E-state index contributed by atoms with van der Waals surface area (Å²) in [7, 11) is 0. The van der Waals surface area contributed by atoms with Gasteiger partial charge in [-0.2, -0.15) is 13.2 Å². The van der Waals surface area contributed by atoms with E-state index in [1.807, 2.05) is 0 Å². The maximum atomic E-state index is 11.4. The van der Waals surface area contributed by atoms with E-state index in [-0.39, 0.29) is 11.6 Å². The van der Waals surface area contributed by atoms with Crippen LogP contribution in [0.2, 0.25) is 0 Å².